The highest BCUT2D eigenvalue weighted by Gasteiger charge is 2.04. The van der Waals surface area contributed by atoms with Crippen LogP contribution in [-0.2, 0) is 6.42 Å². The van der Waals surface area contributed by atoms with Gasteiger partial charge in [-0.2, -0.15) is 0 Å². The minimum atomic E-state index is 0.791. The van der Waals surface area contributed by atoms with Gasteiger partial charge in [0.05, 0.1) is 14.2 Å². The molecule has 96 valence electrons. The van der Waals surface area contributed by atoms with Gasteiger partial charge < -0.3 is 15.2 Å². The standard InChI is InChI=1S/C14H23NO2/c1-16-13-9-8-12(11-14(13)17-2)7-5-3-4-6-10-15/h8-9,11H,3-7,10,15H2,1-2H3. The number of nitrogens with two attached hydrogens (primary N) is 1. The van der Waals surface area contributed by atoms with Crippen molar-refractivity contribution in [1.29, 1.82) is 0 Å². The SMILES string of the molecule is COc1ccc(CCCCCCN)cc1OC. The summed E-state index contributed by atoms with van der Waals surface area (Å²) >= 11 is 0. The van der Waals surface area contributed by atoms with Crippen LogP contribution in [0.5, 0.6) is 11.5 Å². The molecule has 0 aromatic heterocycles. The van der Waals surface area contributed by atoms with Gasteiger partial charge in [0.1, 0.15) is 0 Å². The van der Waals surface area contributed by atoms with Crippen LogP contribution in [-0.4, -0.2) is 20.8 Å². The van der Waals surface area contributed by atoms with Gasteiger partial charge in [-0.25, -0.2) is 0 Å². The summed E-state index contributed by atoms with van der Waals surface area (Å²) in [6, 6.07) is 6.13. The Kier molecular flexibility index (Phi) is 6.48. The minimum Gasteiger partial charge on any atom is -0.493 e. The quantitative estimate of drug-likeness (QED) is 0.707. The third-order valence-corrected chi connectivity index (χ3v) is 2.87. The summed E-state index contributed by atoms with van der Waals surface area (Å²) in [4.78, 5) is 0. The first kappa shape index (κ1) is 13.8. The van der Waals surface area contributed by atoms with E-state index in [2.05, 4.69) is 12.1 Å². The Morgan fingerprint density at radius 3 is 2.29 bits per heavy atom. The molecular weight excluding hydrogens is 214 g/mol. The van der Waals surface area contributed by atoms with Crippen LogP contribution in [0.1, 0.15) is 31.2 Å². The average Bonchev–Trinajstić information content (AvgIpc) is 2.38. The molecule has 0 heterocycles. The summed E-state index contributed by atoms with van der Waals surface area (Å²) < 4.78 is 10.5. The molecule has 0 aliphatic rings. The first-order chi connectivity index (χ1) is 8.31. The molecule has 17 heavy (non-hydrogen) atoms. The topological polar surface area (TPSA) is 44.5 Å². The Morgan fingerprint density at radius 1 is 0.941 bits per heavy atom. The molecule has 0 saturated heterocycles. The zero-order chi connectivity index (χ0) is 12.5. The number of methoxy groups -OCH3 is 2. The van der Waals surface area contributed by atoms with Crippen molar-refractivity contribution in [2.45, 2.75) is 32.1 Å². The molecule has 0 bridgehead atoms. The molecule has 1 rings (SSSR count). The van der Waals surface area contributed by atoms with Crippen LogP contribution in [0, 0.1) is 0 Å². The Morgan fingerprint density at radius 2 is 1.65 bits per heavy atom. The normalized spacial score (nSPS) is 10.3. The van der Waals surface area contributed by atoms with E-state index < -0.39 is 0 Å². The van der Waals surface area contributed by atoms with E-state index in [1.165, 1.54) is 24.8 Å². The van der Waals surface area contributed by atoms with Gasteiger partial charge in [-0.3, -0.25) is 0 Å². The van der Waals surface area contributed by atoms with Gasteiger partial charge in [0, 0.05) is 0 Å². The van der Waals surface area contributed by atoms with Crippen molar-refractivity contribution in [2.24, 2.45) is 5.73 Å². The van der Waals surface area contributed by atoms with E-state index in [-0.39, 0.29) is 0 Å². The number of benzene rings is 1. The number of unbranched alkanes of at least 4 members (excludes halogenated alkanes) is 3. The summed E-state index contributed by atoms with van der Waals surface area (Å²) in [5, 5.41) is 0. The van der Waals surface area contributed by atoms with Crippen LogP contribution in [0.4, 0.5) is 0 Å². The molecule has 3 nitrogen and oxygen atoms in total. The second-order valence-corrected chi connectivity index (χ2v) is 4.14. The van der Waals surface area contributed by atoms with E-state index in [9.17, 15) is 0 Å². The maximum atomic E-state index is 5.46. The molecule has 0 atom stereocenters. The molecule has 0 saturated carbocycles. The smallest absolute Gasteiger partial charge is 0.160 e. The molecule has 2 N–H and O–H groups in total. The van der Waals surface area contributed by atoms with Crippen LogP contribution in [0.3, 0.4) is 0 Å². The number of hydrogen-bond donors (Lipinski definition) is 1. The van der Waals surface area contributed by atoms with Gasteiger partial charge in [-0.15, -0.1) is 0 Å². The minimum absolute atomic E-state index is 0.791. The lowest BCUT2D eigenvalue weighted by atomic mass is 10.1. The zero-order valence-corrected chi connectivity index (χ0v) is 10.9. The van der Waals surface area contributed by atoms with Crippen LogP contribution in [0.2, 0.25) is 0 Å². The number of aryl methyl sites for hydroxylation is 1. The van der Waals surface area contributed by atoms with Crippen LogP contribution in [0.15, 0.2) is 18.2 Å². The first-order valence-corrected chi connectivity index (χ1v) is 6.22. The van der Waals surface area contributed by atoms with Crippen LogP contribution in [0.25, 0.3) is 0 Å². The van der Waals surface area contributed by atoms with Crippen molar-refractivity contribution in [2.75, 3.05) is 20.8 Å². The van der Waals surface area contributed by atoms with Crippen molar-refractivity contribution < 1.29 is 9.47 Å². The maximum Gasteiger partial charge on any atom is 0.160 e. The van der Waals surface area contributed by atoms with Crippen molar-refractivity contribution >= 4 is 0 Å². The lowest BCUT2D eigenvalue weighted by Crippen LogP contribution is -1.98. The Bertz CT molecular complexity index is 326. The van der Waals surface area contributed by atoms with Crippen molar-refractivity contribution in [3.05, 3.63) is 23.8 Å². The highest BCUT2D eigenvalue weighted by atomic mass is 16.5. The summed E-state index contributed by atoms with van der Waals surface area (Å²) in [6.45, 7) is 0.802. The van der Waals surface area contributed by atoms with E-state index in [4.69, 9.17) is 15.2 Å². The van der Waals surface area contributed by atoms with Gasteiger partial charge in [0.2, 0.25) is 0 Å². The van der Waals surface area contributed by atoms with E-state index in [0.29, 0.717) is 0 Å². The fourth-order valence-electron chi connectivity index (χ4n) is 1.86. The number of rotatable bonds is 8. The molecule has 0 unspecified atom stereocenters. The van der Waals surface area contributed by atoms with E-state index >= 15 is 0 Å². The second-order valence-electron chi connectivity index (χ2n) is 4.14. The number of hydrogen-bond acceptors (Lipinski definition) is 3. The first-order valence-electron chi connectivity index (χ1n) is 6.22. The van der Waals surface area contributed by atoms with Gasteiger partial charge in [0.25, 0.3) is 0 Å². The molecule has 0 aliphatic carbocycles. The van der Waals surface area contributed by atoms with E-state index in [1.807, 2.05) is 6.07 Å². The maximum absolute atomic E-state index is 5.46. The highest BCUT2D eigenvalue weighted by Crippen LogP contribution is 2.28. The Labute approximate surface area is 104 Å². The predicted molar refractivity (Wildman–Crippen MR) is 70.8 cm³/mol. The molecule has 3 heteroatoms. The van der Waals surface area contributed by atoms with Crippen molar-refractivity contribution in [3.8, 4) is 11.5 Å². The predicted octanol–water partition coefficient (Wildman–Crippen LogP) is 2.77. The Balaban J connectivity index is 2.43. The highest BCUT2D eigenvalue weighted by molar-refractivity contribution is 5.42. The average molecular weight is 237 g/mol. The Hall–Kier alpha value is -1.22. The van der Waals surface area contributed by atoms with Gasteiger partial charge in [0.15, 0.2) is 11.5 Å². The van der Waals surface area contributed by atoms with Crippen LogP contribution >= 0.6 is 0 Å². The third kappa shape index (κ3) is 4.65. The molecular formula is C14H23NO2. The number of ether oxygens (including phenoxy) is 2. The fourth-order valence-corrected chi connectivity index (χ4v) is 1.86. The van der Waals surface area contributed by atoms with Gasteiger partial charge in [-0.05, 0) is 43.5 Å². The summed E-state index contributed by atoms with van der Waals surface area (Å²) in [5.41, 5.74) is 6.76. The molecule has 0 aliphatic heterocycles. The van der Waals surface area contributed by atoms with Crippen molar-refractivity contribution in [3.63, 3.8) is 0 Å². The third-order valence-electron chi connectivity index (χ3n) is 2.87. The van der Waals surface area contributed by atoms with E-state index in [1.54, 1.807) is 14.2 Å². The summed E-state index contributed by atoms with van der Waals surface area (Å²) in [6.07, 6.45) is 5.89. The summed E-state index contributed by atoms with van der Waals surface area (Å²) in [5.74, 6) is 1.60. The largest absolute Gasteiger partial charge is 0.493 e. The molecule has 0 spiro atoms. The molecule has 1 aromatic carbocycles. The molecule has 0 radical (unpaired) electrons. The summed E-state index contributed by atoms with van der Waals surface area (Å²) in [7, 11) is 3.33. The lowest BCUT2D eigenvalue weighted by Gasteiger charge is -2.09. The monoisotopic (exact) mass is 237 g/mol. The lowest BCUT2D eigenvalue weighted by molar-refractivity contribution is 0.354. The van der Waals surface area contributed by atoms with E-state index in [0.717, 1.165) is 30.9 Å². The molecule has 0 amide bonds. The molecule has 0 fully saturated rings. The van der Waals surface area contributed by atoms with Crippen LogP contribution < -0.4 is 15.2 Å². The second kappa shape index (κ2) is 7.96. The van der Waals surface area contributed by atoms with Gasteiger partial charge in [-0.1, -0.05) is 18.9 Å². The van der Waals surface area contributed by atoms with Gasteiger partial charge >= 0.3 is 0 Å². The van der Waals surface area contributed by atoms with Crippen molar-refractivity contribution in [1.82, 2.24) is 0 Å². The fraction of sp³-hybridized carbons (Fsp3) is 0.571. The molecule has 1 aromatic rings. The zero-order valence-electron chi connectivity index (χ0n) is 10.9.